The Morgan fingerprint density at radius 1 is 1.26 bits per heavy atom. The average Bonchev–Trinajstić information content (AvgIpc) is 2.70. The zero-order chi connectivity index (χ0) is 23.0. The first kappa shape index (κ1) is 25.3. The normalized spacial score (nSPS) is 12.3. The summed E-state index contributed by atoms with van der Waals surface area (Å²) in [4.78, 5) is 12.6. The number of amides is 1. The minimum Gasteiger partial charge on any atom is -0.494 e. The molecule has 0 saturated carbocycles. The van der Waals surface area contributed by atoms with Crippen LogP contribution in [0.5, 0.6) is 5.75 Å². The number of carbonyl (C=O) groups is 1. The summed E-state index contributed by atoms with van der Waals surface area (Å²) in [5, 5.41) is 3.10. The van der Waals surface area contributed by atoms with E-state index in [9.17, 15) is 17.6 Å². The van der Waals surface area contributed by atoms with Crippen LogP contribution in [0.25, 0.3) is 0 Å². The number of halogens is 2. The molecule has 2 rings (SSSR count). The van der Waals surface area contributed by atoms with Crippen molar-refractivity contribution < 1.29 is 22.3 Å². The van der Waals surface area contributed by atoms with E-state index in [0.29, 0.717) is 46.7 Å². The zero-order valence-corrected chi connectivity index (χ0v) is 20.0. The number of ether oxygens (including phenoxy) is 1. The molecule has 0 aliphatic heterocycles. The summed E-state index contributed by atoms with van der Waals surface area (Å²) >= 11 is 7.42. The molecule has 0 aromatic heterocycles. The third-order valence-corrected chi connectivity index (χ3v) is 6.93. The summed E-state index contributed by atoms with van der Waals surface area (Å²) in [6.45, 7) is 4.18. The van der Waals surface area contributed by atoms with E-state index in [2.05, 4.69) is 5.32 Å². The summed E-state index contributed by atoms with van der Waals surface area (Å²) in [7, 11) is -3.70. The van der Waals surface area contributed by atoms with Gasteiger partial charge in [-0.3, -0.25) is 9.10 Å². The lowest BCUT2D eigenvalue weighted by atomic mass is 10.2. The van der Waals surface area contributed by atoms with Crippen molar-refractivity contribution in [2.45, 2.75) is 25.6 Å². The highest BCUT2D eigenvalue weighted by Crippen LogP contribution is 2.25. The Morgan fingerprint density at radius 2 is 1.94 bits per heavy atom. The predicted octanol–water partition coefficient (Wildman–Crippen LogP) is 4.08. The molecule has 10 heteroatoms. The first-order valence-electron chi connectivity index (χ1n) is 9.65. The molecule has 1 N–H and O–H groups in total. The Bertz CT molecular complexity index is 967. The van der Waals surface area contributed by atoms with Gasteiger partial charge in [0.2, 0.25) is 15.9 Å². The SMILES string of the molecule is CCOc1ccc(N([C@H](C)C(=O)NCCSCc2c(F)cccc2Cl)S(C)(=O)=O)cc1. The van der Waals surface area contributed by atoms with Gasteiger partial charge in [0, 0.05) is 28.6 Å². The van der Waals surface area contributed by atoms with Crippen LogP contribution in [0.1, 0.15) is 19.4 Å². The zero-order valence-electron chi connectivity index (χ0n) is 17.6. The molecule has 31 heavy (non-hydrogen) atoms. The molecule has 0 saturated heterocycles. The van der Waals surface area contributed by atoms with Crippen LogP contribution in [-0.4, -0.2) is 45.5 Å². The topological polar surface area (TPSA) is 75.7 Å². The number of nitrogens with one attached hydrogen (secondary N) is 1. The van der Waals surface area contributed by atoms with Crippen LogP contribution in [0.2, 0.25) is 5.02 Å². The Kier molecular flexibility index (Phi) is 9.46. The minimum absolute atomic E-state index is 0.306. The molecule has 1 amide bonds. The van der Waals surface area contributed by atoms with Gasteiger partial charge in [0.15, 0.2) is 0 Å². The summed E-state index contributed by atoms with van der Waals surface area (Å²) in [5.74, 6) is 0.716. The number of anilines is 1. The molecule has 0 aliphatic carbocycles. The third-order valence-electron chi connectivity index (χ3n) is 4.34. The fraction of sp³-hybridized carbons (Fsp3) is 0.381. The monoisotopic (exact) mass is 488 g/mol. The molecule has 1 atom stereocenters. The Hall–Kier alpha value is -1.97. The van der Waals surface area contributed by atoms with E-state index in [1.807, 2.05) is 6.92 Å². The van der Waals surface area contributed by atoms with Crippen molar-refractivity contribution in [2.24, 2.45) is 0 Å². The molecule has 0 bridgehead atoms. The van der Waals surface area contributed by atoms with Crippen molar-refractivity contribution in [1.82, 2.24) is 5.32 Å². The quantitative estimate of drug-likeness (QED) is 0.482. The number of hydrogen-bond acceptors (Lipinski definition) is 5. The molecule has 0 radical (unpaired) electrons. The lowest BCUT2D eigenvalue weighted by Crippen LogP contribution is -2.48. The number of hydrogen-bond donors (Lipinski definition) is 1. The van der Waals surface area contributed by atoms with Crippen LogP contribution in [0.15, 0.2) is 42.5 Å². The number of sulfonamides is 1. The van der Waals surface area contributed by atoms with Gasteiger partial charge in [-0.15, -0.1) is 0 Å². The minimum atomic E-state index is -3.70. The number of thioether (sulfide) groups is 1. The van der Waals surface area contributed by atoms with E-state index >= 15 is 0 Å². The van der Waals surface area contributed by atoms with Crippen LogP contribution >= 0.6 is 23.4 Å². The number of benzene rings is 2. The molecular weight excluding hydrogens is 463 g/mol. The van der Waals surface area contributed by atoms with Crippen molar-refractivity contribution in [3.63, 3.8) is 0 Å². The van der Waals surface area contributed by atoms with Crippen LogP contribution < -0.4 is 14.4 Å². The van der Waals surface area contributed by atoms with E-state index in [1.54, 1.807) is 36.4 Å². The van der Waals surface area contributed by atoms with Crippen molar-refractivity contribution in [3.8, 4) is 5.75 Å². The van der Waals surface area contributed by atoms with Crippen LogP contribution in [0, 0.1) is 5.82 Å². The highest BCUT2D eigenvalue weighted by atomic mass is 35.5. The van der Waals surface area contributed by atoms with Crippen molar-refractivity contribution in [1.29, 1.82) is 0 Å². The molecule has 0 spiro atoms. The number of rotatable bonds is 11. The molecule has 2 aromatic carbocycles. The highest BCUT2D eigenvalue weighted by Gasteiger charge is 2.28. The van der Waals surface area contributed by atoms with E-state index in [4.69, 9.17) is 16.3 Å². The summed E-state index contributed by atoms with van der Waals surface area (Å²) < 4.78 is 44.9. The van der Waals surface area contributed by atoms with Gasteiger partial charge in [-0.25, -0.2) is 12.8 Å². The molecule has 6 nitrogen and oxygen atoms in total. The van der Waals surface area contributed by atoms with Crippen LogP contribution in [-0.2, 0) is 20.6 Å². The fourth-order valence-electron chi connectivity index (χ4n) is 2.90. The first-order valence-corrected chi connectivity index (χ1v) is 13.0. The average molecular weight is 489 g/mol. The Morgan fingerprint density at radius 3 is 2.52 bits per heavy atom. The second-order valence-corrected chi connectivity index (χ2v) is 10.1. The van der Waals surface area contributed by atoms with Gasteiger partial charge in [-0.1, -0.05) is 17.7 Å². The second kappa shape index (κ2) is 11.6. The van der Waals surface area contributed by atoms with Gasteiger partial charge >= 0.3 is 0 Å². The number of carbonyl (C=O) groups excluding carboxylic acids is 1. The van der Waals surface area contributed by atoms with Crippen molar-refractivity contribution >= 4 is 45.0 Å². The van der Waals surface area contributed by atoms with Gasteiger partial charge in [-0.05, 0) is 50.2 Å². The third kappa shape index (κ3) is 7.29. The van der Waals surface area contributed by atoms with Crippen molar-refractivity contribution in [3.05, 3.63) is 58.9 Å². The van der Waals surface area contributed by atoms with Gasteiger partial charge < -0.3 is 10.1 Å². The molecule has 0 fully saturated rings. The second-order valence-electron chi connectivity index (χ2n) is 6.71. The van der Waals surface area contributed by atoms with Crippen LogP contribution in [0.4, 0.5) is 10.1 Å². The van der Waals surface area contributed by atoms with Crippen LogP contribution in [0.3, 0.4) is 0 Å². The maximum Gasteiger partial charge on any atom is 0.243 e. The van der Waals surface area contributed by atoms with E-state index in [1.165, 1.54) is 24.8 Å². The van der Waals surface area contributed by atoms with Gasteiger partial charge in [0.1, 0.15) is 17.6 Å². The Balaban J connectivity index is 1.94. The smallest absolute Gasteiger partial charge is 0.243 e. The highest BCUT2D eigenvalue weighted by molar-refractivity contribution is 7.98. The van der Waals surface area contributed by atoms with E-state index in [0.717, 1.165) is 10.6 Å². The molecular formula is C21H26ClFN2O4S2. The van der Waals surface area contributed by atoms with E-state index in [-0.39, 0.29) is 5.82 Å². The summed E-state index contributed by atoms with van der Waals surface area (Å²) in [6, 6.07) is 10.1. The Labute approximate surface area is 192 Å². The molecule has 0 unspecified atom stereocenters. The molecule has 2 aromatic rings. The molecule has 170 valence electrons. The molecule has 0 heterocycles. The largest absolute Gasteiger partial charge is 0.494 e. The van der Waals surface area contributed by atoms with Gasteiger partial charge in [0.25, 0.3) is 0 Å². The lowest BCUT2D eigenvalue weighted by molar-refractivity contribution is -0.121. The lowest BCUT2D eigenvalue weighted by Gasteiger charge is -2.28. The van der Waals surface area contributed by atoms with Gasteiger partial charge in [-0.2, -0.15) is 11.8 Å². The first-order chi connectivity index (χ1) is 14.6. The number of nitrogens with zero attached hydrogens (tertiary/aromatic N) is 1. The fourth-order valence-corrected chi connectivity index (χ4v) is 5.28. The summed E-state index contributed by atoms with van der Waals surface area (Å²) in [6.07, 6.45) is 1.06. The molecule has 0 aliphatic rings. The van der Waals surface area contributed by atoms with E-state index < -0.39 is 22.0 Å². The van der Waals surface area contributed by atoms with Crippen molar-refractivity contribution in [2.75, 3.05) is 29.5 Å². The maximum atomic E-state index is 13.8. The predicted molar refractivity (Wildman–Crippen MR) is 125 cm³/mol. The summed E-state index contributed by atoms with van der Waals surface area (Å²) in [5.41, 5.74) is 0.796. The van der Waals surface area contributed by atoms with Gasteiger partial charge in [0.05, 0.1) is 18.6 Å². The standard InChI is InChI=1S/C21H26ClFN2O4S2/c1-4-29-17-10-8-16(9-11-17)25(31(3,27)28)15(2)21(26)24-12-13-30-14-18-19(22)6-5-7-20(18)23/h5-11,15H,4,12-14H2,1-3H3,(H,24,26)/t15-/m1/s1. The maximum absolute atomic E-state index is 13.8.